The second kappa shape index (κ2) is 6.10. The molecule has 0 radical (unpaired) electrons. The van der Waals surface area contributed by atoms with Crippen LogP contribution in [0.15, 0.2) is 0 Å². The van der Waals surface area contributed by atoms with Crippen molar-refractivity contribution in [1.29, 1.82) is 0 Å². The predicted octanol–water partition coefficient (Wildman–Crippen LogP) is 2.15. The number of hydrogen-bond donors (Lipinski definition) is 2. The predicted molar refractivity (Wildman–Crippen MR) is 80.2 cm³/mol. The fourth-order valence-electron chi connectivity index (χ4n) is 4.57. The second-order valence-electron chi connectivity index (χ2n) is 7.18. The van der Waals surface area contributed by atoms with Crippen molar-refractivity contribution in [3.05, 3.63) is 0 Å². The van der Waals surface area contributed by atoms with Gasteiger partial charge in [0.15, 0.2) is 0 Å². The van der Waals surface area contributed by atoms with E-state index in [1.165, 1.54) is 19.3 Å². The Labute approximate surface area is 127 Å². The zero-order valence-electron chi connectivity index (χ0n) is 12.8. The van der Waals surface area contributed by atoms with E-state index in [1.807, 2.05) is 6.92 Å². The molecule has 0 bridgehead atoms. The van der Waals surface area contributed by atoms with E-state index in [-0.39, 0.29) is 23.7 Å². The number of aliphatic hydroxyl groups is 2. The van der Waals surface area contributed by atoms with Crippen molar-refractivity contribution in [2.24, 2.45) is 29.6 Å². The van der Waals surface area contributed by atoms with E-state index >= 15 is 0 Å². The molecule has 3 aliphatic rings. The lowest BCUT2D eigenvalue weighted by molar-refractivity contribution is -0.151. The first-order valence-electron chi connectivity index (χ1n) is 8.50. The maximum absolute atomic E-state index is 11.9. The molecule has 1 unspecified atom stereocenters. The van der Waals surface area contributed by atoms with Crippen molar-refractivity contribution in [3.8, 4) is 11.8 Å². The third kappa shape index (κ3) is 2.76. The van der Waals surface area contributed by atoms with Crippen LogP contribution >= 0.6 is 0 Å². The number of hydrogen-bond acceptors (Lipinski definition) is 3. The van der Waals surface area contributed by atoms with E-state index in [4.69, 9.17) is 0 Å². The maximum atomic E-state index is 11.9. The average molecular weight is 290 g/mol. The highest BCUT2D eigenvalue weighted by Crippen LogP contribution is 2.49. The van der Waals surface area contributed by atoms with E-state index in [2.05, 4.69) is 11.8 Å². The van der Waals surface area contributed by atoms with Crippen LogP contribution in [0.3, 0.4) is 0 Å². The summed E-state index contributed by atoms with van der Waals surface area (Å²) < 4.78 is 0. The standard InChI is InChI=1S/C18H26O3/c1-11-17-13(16(20)10-8-14(17)18(11)21)7-9-15(19)12-5-3-2-4-6-12/h11-17,19-20H,2-6,8,10H2,1H3/t11?,13-,14-,15-,16+,17+/m1/s1. The van der Waals surface area contributed by atoms with Gasteiger partial charge in [0.25, 0.3) is 0 Å². The van der Waals surface area contributed by atoms with Gasteiger partial charge in [0.2, 0.25) is 0 Å². The van der Waals surface area contributed by atoms with Gasteiger partial charge in [-0.1, -0.05) is 38.0 Å². The number of fused-ring (bicyclic) bond motifs is 1. The van der Waals surface area contributed by atoms with Gasteiger partial charge in [0.05, 0.1) is 12.0 Å². The largest absolute Gasteiger partial charge is 0.392 e. The van der Waals surface area contributed by atoms with Gasteiger partial charge < -0.3 is 10.2 Å². The molecule has 6 atom stereocenters. The number of Topliss-reactive ketones (excluding diaryl/α,β-unsaturated/α-hetero) is 1. The van der Waals surface area contributed by atoms with Gasteiger partial charge in [-0.2, -0.15) is 0 Å². The van der Waals surface area contributed by atoms with Crippen LogP contribution in [-0.2, 0) is 4.79 Å². The monoisotopic (exact) mass is 290 g/mol. The molecule has 3 fully saturated rings. The van der Waals surface area contributed by atoms with Crippen LogP contribution in [0.4, 0.5) is 0 Å². The van der Waals surface area contributed by atoms with Gasteiger partial charge in [0.1, 0.15) is 11.9 Å². The highest BCUT2D eigenvalue weighted by molar-refractivity contribution is 5.90. The Hall–Kier alpha value is -0.850. The highest BCUT2D eigenvalue weighted by Gasteiger charge is 2.54. The van der Waals surface area contributed by atoms with Crippen molar-refractivity contribution in [1.82, 2.24) is 0 Å². The Bertz CT molecular complexity index is 455. The molecular formula is C18H26O3. The fourth-order valence-corrected chi connectivity index (χ4v) is 4.57. The summed E-state index contributed by atoms with van der Waals surface area (Å²) in [7, 11) is 0. The zero-order chi connectivity index (χ0) is 15.0. The molecule has 0 aliphatic heterocycles. The summed E-state index contributed by atoms with van der Waals surface area (Å²) in [5, 5.41) is 20.5. The molecule has 3 heteroatoms. The Kier molecular flexibility index (Phi) is 4.38. The summed E-state index contributed by atoms with van der Waals surface area (Å²) in [4.78, 5) is 11.9. The van der Waals surface area contributed by atoms with Gasteiger partial charge >= 0.3 is 0 Å². The highest BCUT2D eigenvalue weighted by atomic mass is 16.3. The minimum atomic E-state index is -0.566. The van der Waals surface area contributed by atoms with Crippen LogP contribution in [0.5, 0.6) is 0 Å². The van der Waals surface area contributed by atoms with Crippen molar-refractivity contribution < 1.29 is 15.0 Å². The van der Waals surface area contributed by atoms with Crippen molar-refractivity contribution in [3.63, 3.8) is 0 Å². The molecule has 3 saturated carbocycles. The molecule has 21 heavy (non-hydrogen) atoms. The topological polar surface area (TPSA) is 57.5 Å². The molecule has 3 rings (SSSR count). The van der Waals surface area contributed by atoms with Crippen LogP contribution in [0.1, 0.15) is 51.9 Å². The summed E-state index contributed by atoms with van der Waals surface area (Å²) in [6.45, 7) is 1.95. The Morgan fingerprint density at radius 3 is 2.57 bits per heavy atom. The van der Waals surface area contributed by atoms with Gasteiger partial charge in [-0.15, -0.1) is 0 Å². The average Bonchev–Trinajstić information content (AvgIpc) is 2.53. The smallest absolute Gasteiger partial charge is 0.139 e. The molecule has 0 aromatic heterocycles. The number of carbonyl (C=O) groups excluding carboxylic acids is 1. The van der Waals surface area contributed by atoms with E-state index in [0.29, 0.717) is 18.1 Å². The third-order valence-corrected chi connectivity index (χ3v) is 5.95. The SMILES string of the molecule is CC1C(=O)[C@@H]2CC[C@H](O)[C@@H](C#C[C@@H](O)C3CCCCC3)[C@H]12. The van der Waals surface area contributed by atoms with Gasteiger partial charge in [-0.05, 0) is 37.5 Å². The molecule has 0 heterocycles. The van der Waals surface area contributed by atoms with Crippen molar-refractivity contribution >= 4 is 5.78 Å². The summed E-state index contributed by atoms with van der Waals surface area (Å²) in [5.74, 6) is 6.99. The summed E-state index contributed by atoms with van der Waals surface area (Å²) >= 11 is 0. The molecule has 0 aromatic carbocycles. The maximum Gasteiger partial charge on any atom is 0.139 e. The van der Waals surface area contributed by atoms with Crippen molar-refractivity contribution in [2.75, 3.05) is 0 Å². The summed E-state index contributed by atoms with van der Waals surface area (Å²) in [5.41, 5.74) is 0. The second-order valence-corrected chi connectivity index (χ2v) is 7.18. The number of rotatable bonds is 1. The van der Waals surface area contributed by atoms with E-state index in [0.717, 1.165) is 19.3 Å². The first kappa shape index (κ1) is 15.1. The molecule has 2 N–H and O–H groups in total. The number of aliphatic hydroxyl groups excluding tert-OH is 2. The van der Waals surface area contributed by atoms with E-state index in [9.17, 15) is 15.0 Å². The number of carbonyl (C=O) groups is 1. The van der Waals surface area contributed by atoms with Gasteiger partial charge in [-0.25, -0.2) is 0 Å². The van der Waals surface area contributed by atoms with E-state index in [1.54, 1.807) is 0 Å². The lowest BCUT2D eigenvalue weighted by Gasteiger charge is -2.49. The molecule has 116 valence electrons. The molecule has 0 saturated heterocycles. The Balaban J connectivity index is 1.68. The van der Waals surface area contributed by atoms with Crippen LogP contribution in [-0.4, -0.2) is 28.2 Å². The van der Waals surface area contributed by atoms with Gasteiger partial charge in [-0.3, -0.25) is 4.79 Å². The lowest BCUT2D eigenvalue weighted by atomic mass is 9.53. The number of ketones is 1. The normalized spacial score (nSPS) is 41.5. The van der Waals surface area contributed by atoms with Crippen LogP contribution < -0.4 is 0 Å². The minimum absolute atomic E-state index is 0.0241. The van der Waals surface area contributed by atoms with Gasteiger partial charge in [0, 0.05) is 11.8 Å². The van der Waals surface area contributed by atoms with Crippen LogP contribution in [0.2, 0.25) is 0 Å². The molecule has 3 nitrogen and oxygen atoms in total. The van der Waals surface area contributed by atoms with Crippen molar-refractivity contribution in [2.45, 2.75) is 64.1 Å². The quantitative estimate of drug-likeness (QED) is 0.728. The first-order chi connectivity index (χ1) is 10.1. The molecule has 0 amide bonds. The van der Waals surface area contributed by atoms with E-state index < -0.39 is 12.2 Å². The minimum Gasteiger partial charge on any atom is -0.392 e. The molecule has 0 aromatic rings. The molecule has 0 spiro atoms. The lowest BCUT2D eigenvalue weighted by Crippen LogP contribution is -2.55. The fraction of sp³-hybridized carbons (Fsp3) is 0.833. The molecular weight excluding hydrogens is 264 g/mol. The Morgan fingerprint density at radius 2 is 1.86 bits per heavy atom. The Morgan fingerprint density at radius 1 is 1.14 bits per heavy atom. The van der Waals surface area contributed by atoms with Crippen LogP contribution in [0, 0.1) is 41.4 Å². The zero-order valence-corrected chi connectivity index (χ0v) is 12.8. The summed E-state index contributed by atoms with van der Waals surface area (Å²) in [6.07, 6.45) is 6.22. The third-order valence-electron chi connectivity index (χ3n) is 5.95. The molecule has 3 aliphatic carbocycles. The van der Waals surface area contributed by atoms with Crippen LogP contribution in [0.25, 0.3) is 0 Å². The first-order valence-corrected chi connectivity index (χ1v) is 8.50. The summed E-state index contributed by atoms with van der Waals surface area (Å²) in [6, 6.07) is 0.